The summed E-state index contributed by atoms with van der Waals surface area (Å²) in [6.45, 7) is 3.42. The average molecular weight is 293 g/mol. The Morgan fingerprint density at radius 1 is 1.50 bits per heavy atom. The molecule has 2 aliphatic heterocycles. The number of ether oxygens (including phenoxy) is 2. The van der Waals surface area contributed by atoms with E-state index in [9.17, 15) is 0 Å². The lowest BCUT2D eigenvalue weighted by Crippen LogP contribution is -2.41. The van der Waals surface area contributed by atoms with Crippen molar-refractivity contribution in [2.24, 2.45) is 0 Å². The van der Waals surface area contributed by atoms with Gasteiger partial charge in [-0.3, -0.25) is 4.40 Å². The van der Waals surface area contributed by atoms with Gasteiger partial charge < -0.3 is 14.8 Å². The molecule has 0 aliphatic carbocycles. The third-order valence-corrected chi connectivity index (χ3v) is 5.07. The molecule has 20 heavy (non-hydrogen) atoms. The maximum absolute atomic E-state index is 6.04. The fraction of sp³-hybridized carbons (Fsp3) is 0.643. The Hall–Kier alpha value is -0.950. The largest absolute Gasteiger partial charge is 0.372 e. The monoisotopic (exact) mass is 293 g/mol. The van der Waals surface area contributed by atoms with Crippen molar-refractivity contribution in [2.75, 3.05) is 19.7 Å². The fourth-order valence-corrected chi connectivity index (χ4v) is 3.91. The van der Waals surface area contributed by atoms with Crippen LogP contribution in [0.25, 0.3) is 4.96 Å². The van der Waals surface area contributed by atoms with Crippen molar-refractivity contribution in [3.05, 3.63) is 23.5 Å². The summed E-state index contributed by atoms with van der Waals surface area (Å²) in [5, 5.41) is 5.43. The SMILES string of the molecule is c1cn2cc(COC3COC4(CCNCC4)C3)nc2s1. The third kappa shape index (κ3) is 2.37. The van der Waals surface area contributed by atoms with E-state index in [0.29, 0.717) is 6.61 Å². The minimum Gasteiger partial charge on any atom is -0.372 e. The summed E-state index contributed by atoms with van der Waals surface area (Å²) in [4.78, 5) is 5.57. The lowest BCUT2D eigenvalue weighted by atomic mass is 9.89. The molecule has 0 saturated carbocycles. The van der Waals surface area contributed by atoms with Gasteiger partial charge in [0, 0.05) is 24.2 Å². The van der Waals surface area contributed by atoms with Crippen molar-refractivity contribution in [1.29, 1.82) is 0 Å². The predicted octanol–water partition coefficient (Wildman–Crippen LogP) is 1.82. The highest BCUT2D eigenvalue weighted by molar-refractivity contribution is 7.15. The van der Waals surface area contributed by atoms with E-state index < -0.39 is 0 Å². The molecule has 1 N–H and O–H groups in total. The molecule has 0 aromatic carbocycles. The highest BCUT2D eigenvalue weighted by atomic mass is 32.1. The van der Waals surface area contributed by atoms with Crippen LogP contribution in [0, 0.1) is 0 Å². The topological polar surface area (TPSA) is 47.8 Å². The molecular formula is C14H19N3O2S. The molecule has 1 spiro atoms. The molecule has 2 fully saturated rings. The number of hydrogen-bond donors (Lipinski definition) is 1. The Balaban J connectivity index is 1.35. The minimum absolute atomic E-state index is 0.0739. The quantitative estimate of drug-likeness (QED) is 0.938. The number of nitrogens with one attached hydrogen (secondary N) is 1. The molecule has 4 heterocycles. The summed E-state index contributed by atoms with van der Waals surface area (Å²) in [5.74, 6) is 0. The van der Waals surface area contributed by atoms with E-state index in [-0.39, 0.29) is 11.7 Å². The number of aromatic nitrogens is 2. The van der Waals surface area contributed by atoms with E-state index in [0.717, 1.165) is 49.6 Å². The van der Waals surface area contributed by atoms with Gasteiger partial charge in [-0.1, -0.05) is 0 Å². The van der Waals surface area contributed by atoms with Gasteiger partial charge in [-0.05, 0) is 25.9 Å². The second-order valence-corrected chi connectivity index (χ2v) is 6.58. The molecule has 0 bridgehead atoms. The van der Waals surface area contributed by atoms with E-state index >= 15 is 0 Å². The molecule has 5 nitrogen and oxygen atoms in total. The van der Waals surface area contributed by atoms with Crippen LogP contribution in [0.4, 0.5) is 0 Å². The van der Waals surface area contributed by atoms with E-state index in [1.807, 2.05) is 22.2 Å². The minimum atomic E-state index is 0.0739. The first-order chi connectivity index (χ1) is 9.83. The van der Waals surface area contributed by atoms with E-state index in [2.05, 4.69) is 10.3 Å². The fourth-order valence-electron chi connectivity index (χ4n) is 3.19. The first kappa shape index (κ1) is 12.8. The van der Waals surface area contributed by atoms with Crippen LogP contribution >= 0.6 is 11.3 Å². The molecule has 2 aromatic heterocycles. The van der Waals surface area contributed by atoms with Crippen LogP contribution in [0.3, 0.4) is 0 Å². The first-order valence-electron chi connectivity index (χ1n) is 7.20. The smallest absolute Gasteiger partial charge is 0.193 e. The van der Waals surface area contributed by atoms with Crippen molar-refractivity contribution < 1.29 is 9.47 Å². The van der Waals surface area contributed by atoms with Crippen LogP contribution in [-0.4, -0.2) is 40.8 Å². The lowest BCUT2D eigenvalue weighted by Gasteiger charge is -2.32. The number of thiazole rings is 1. The molecule has 108 valence electrons. The van der Waals surface area contributed by atoms with Crippen LogP contribution in [0.1, 0.15) is 25.0 Å². The van der Waals surface area contributed by atoms with Crippen LogP contribution in [-0.2, 0) is 16.1 Å². The Morgan fingerprint density at radius 2 is 2.40 bits per heavy atom. The van der Waals surface area contributed by atoms with Gasteiger partial charge in [0.2, 0.25) is 0 Å². The highest BCUT2D eigenvalue weighted by Gasteiger charge is 2.41. The maximum Gasteiger partial charge on any atom is 0.193 e. The number of nitrogens with zero attached hydrogens (tertiary/aromatic N) is 2. The summed E-state index contributed by atoms with van der Waals surface area (Å²) >= 11 is 1.65. The molecular weight excluding hydrogens is 274 g/mol. The summed E-state index contributed by atoms with van der Waals surface area (Å²) in [5.41, 5.74) is 1.08. The number of piperidine rings is 1. The number of fused-ring (bicyclic) bond motifs is 1. The molecule has 6 heteroatoms. The van der Waals surface area contributed by atoms with Crippen molar-refractivity contribution in [3.8, 4) is 0 Å². The molecule has 0 radical (unpaired) electrons. The highest BCUT2D eigenvalue weighted by Crippen LogP contribution is 2.35. The van der Waals surface area contributed by atoms with Gasteiger partial charge in [0.1, 0.15) is 0 Å². The molecule has 1 atom stereocenters. The molecule has 1 unspecified atom stereocenters. The second kappa shape index (κ2) is 5.11. The van der Waals surface area contributed by atoms with Gasteiger partial charge in [0.15, 0.2) is 4.96 Å². The molecule has 2 saturated heterocycles. The van der Waals surface area contributed by atoms with Crippen molar-refractivity contribution >= 4 is 16.3 Å². The Bertz CT molecular complexity index is 560. The predicted molar refractivity (Wildman–Crippen MR) is 77.0 cm³/mol. The maximum atomic E-state index is 6.04. The zero-order chi connectivity index (χ0) is 13.4. The van der Waals surface area contributed by atoms with Crippen LogP contribution in [0.5, 0.6) is 0 Å². The Morgan fingerprint density at radius 3 is 3.25 bits per heavy atom. The second-order valence-electron chi connectivity index (χ2n) is 5.71. The van der Waals surface area contributed by atoms with Gasteiger partial charge in [-0.25, -0.2) is 4.98 Å². The lowest BCUT2D eigenvalue weighted by molar-refractivity contribution is -0.0241. The number of rotatable bonds is 3. The van der Waals surface area contributed by atoms with Crippen LogP contribution < -0.4 is 5.32 Å². The van der Waals surface area contributed by atoms with E-state index in [1.54, 1.807) is 11.3 Å². The molecule has 0 amide bonds. The van der Waals surface area contributed by atoms with E-state index in [4.69, 9.17) is 9.47 Å². The Kier molecular flexibility index (Phi) is 3.26. The molecule has 2 aliphatic rings. The number of imidazole rings is 1. The van der Waals surface area contributed by atoms with Crippen molar-refractivity contribution in [3.63, 3.8) is 0 Å². The van der Waals surface area contributed by atoms with Gasteiger partial charge in [0.05, 0.1) is 30.6 Å². The third-order valence-electron chi connectivity index (χ3n) is 4.30. The first-order valence-corrected chi connectivity index (χ1v) is 8.08. The zero-order valence-corrected chi connectivity index (χ0v) is 12.2. The van der Waals surface area contributed by atoms with Crippen LogP contribution in [0.2, 0.25) is 0 Å². The average Bonchev–Trinajstić information content (AvgIpc) is 3.12. The van der Waals surface area contributed by atoms with Gasteiger partial charge in [-0.2, -0.15) is 0 Å². The summed E-state index contributed by atoms with van der Waals surface area (Å²) < 4.78 is 14.1. The standard InChI is InChI=1S/C14H19N3O2S/c1-3-15-4-2-14(1)7-12(10-19-14)18-9-11-8-17-5-6-20-13(17)16-11/h5-6,8,12,15H,1-4,7,9-10H2. The Labute approximate surface area is 121 Å². The van der Waals surface area contributed by atoms with Gasteiger partial charge >= 0.3 is 0 Å². The molecule has 2 aromatic rings. The van der Waals surface area contributed by atoms with Gasteiger partial charge in [-0.15, -0.1) is 11.3 Å². The summed E-state index contributed by atoms with van der Waals surface area (Å²) in [6, 6.07) is 0. The van der Waals surface area contributed by atoms with Gasteiger partial charge in [0.25, 0.3) is 0 Å². The van der Waals surface area contributed by atoms with Crippen molar-refractivity contribution in [2.45, 2.75) is 37.6 Å². The summed E-state index contributed by atoms with van der Waals surface area (Å²) in [7, 11) is 0. The normalized spacial score (nSPS) is 25.7. The van der Waals surface area contributed by atoms with E-state index in [1.165, 1.54) is 0 Å². The molecule has 4 rings (SSSR count). The summed E-state index contributed by atoms with van der Waals surface area (Å²) in [6.07, 6.45) is 7.52. The number of hydrogen-bond acceptors (Lipinski definition) is 5. The zero-order valence-electron chi connectivity index (χ0n) is 11.4. The van der Waals surface area contributed by atoms with Crippen LogP contribution in [0.15, 0.2) is 17.8 Å². The van der Waals surface area contributed by atoms with Crippen molar-refractivity contribution in [1.82, 2.24) is 14.7 Å².